The van der Waals surface area contributed by atoms with Gasteiger partial charge in [-0.2, -0.15) is 0 Å². The molecule has 4 heteroatoms. The van der Waals surface area contributed by atoms with Crippen LogP contribution in [0.2, 0.25) is 0 Å². The number of oxime groups is 1. The van der Waals surface area contributed by atoms with Crippen molar-refractivity contribution >= 4 is 5.71 Å². The number of rotatable bonds is 4. The highest BCUT2D eigenvalue weighted by Crippen LogP contribution is 2.29. The normalized spacial score (nSPS) is 10.4. The first-order chi connectivity index (χ1) is 13.4. The third-order valence-electron chi connectivity index (χ3n) is 4.35. The predicted molar refractivity (Wildman–Crippen MR) is 107 cm³/mol. The molecule has 4 aromatic rings. The van der Waals surface area contributed by atoms with Gasteiger partial charge in [-0.1, -0.05) is 65.8 Å². The van der Waals surface area contributed by atoms with Crippen molar-refractivity contribution in [3.8, 4) is 22.5 Å². The minimum Gasteiger partial charge on any atom is -0.410 e. The monoisotopic (exact) mass is 351 g/mol. The quantitative estimate of drug-likeness (QED) is 0.318. The second kappa shape index (κ2) is 7.62. The fraction of sp³-hybridized carbons (Fsp3) is 0. The molecular formula is C23H17N3O. The van der Waals surface area contributed by atoms with Crippen molar-refractivity contribution in [1.29, 1.82) is 0 Å². The number of aromatic nitrogens is 2. The number of hydrogen-bond acceptors (Lipinski definition) is 4. The highest BCUT2D eigenvalue weighted by molar-refractivity contribution is 6.18. The SMILES string of the molecule is ON=C(c1ccccc1-c1ccccn1)c1ccccc1-c1ccccn1. The predicted octanol–water partition coefficient (Wildman–Crippen LogP) is 5.04. The van der Waals surface area contributed by atoms with Gasteiger partial charge in [0.15, 0.2) is 0 Å². The Bertz CT molecular complexity index is 992. The van der Waals surface area contributed by atoms with Gasteiger partial charge in [0, 0.05) is 34.6 Å². The van der Waals surface area contributed by atoms with E-state index in [4.69, 9.17) is 0 Å². The molecule has 2 heterocycles. The molecule has 0 fully saturated rings. The van der Waals surface area contributed by atoms with E-state index in [0.717, 1.165) is 33.6 Å². The Hall–Kier alpha value is -3.79. The molecule has 27 heavy (non-hydrogen) atoms. The minimum absolute atomic E-state index is 0.484. The Morgan fingerprint density at radius 3 is 1.44 bits per heavy atom. The van der Waals surface area contributed by atoms with E-state index in [1.807, 2.05) is 84.9 Å². The third-order valence-corrected chi connectivity index (χ3v) is 4.35. The van der Waals surface area contributed by atoms with Crippen LogP contribution >= 0.6 is 0 Å². The second-order valence-electron chi connectivity index (χ2n) is 5.97. The van der Waals surface area contributed by atoms with Crippen LogP contribution in [-0.2, 0) is 0 Å². The fourth-order valence-corrected chi connectivity index (χ4v) is 3.12. The molecule has 4 nitrogen and oxygen atoms in total. The zero-order valence-electron chi connectivity index (χ0n) is 14.5. The molecule has 0 amide bonds. The standard InChI is InChI=1S/C23H17N3O/c27-26-23(19-11-3-1-9-17(19)21-13-5-7-15-24-21)20-12-4-2-10-18(20)22-14-6-8-16-25-22/h1-16,27H. The largest absolute Gasteiger partial charge is 0.410 e. The van der Waals surface area contributed by atoms with Gasteiger partial charge in [-0.15, -0.1) is 0 Å². The lowest BCUT2D eigenvalue weighted by molar-refractivity contribution is 0.319. The Balaban J connectivity index is 1.90. The second-order valence-corrected chi connectivity index (χ2v) is 5.97. The molecule has 0 atom stereocenters. The molecule has 0 aliphatic carbocycles. The highest BCUT2D eigenvalue weighted by Gasteiger charge is 2.18. The first kappa shape index (κ1) is 16.7. The molecule has 2 aromatic heterocycles. The van der Waals surface area contributed by atoms with Crippen LogP contribution in [0.3, 0.4) is 0 Å². The van der Waals surface area contributed by atoms with Gasteiger partial charge >= 0.3 is 0 Å². The maximum atomic E-state index is 9.92. The van der Waals surface area contributed by atoms with Crippen molar-refractivity contribution in [3.63, 3.8) is 0 Å². The van der Waals surface area contributed by atoms with Gasteiger partial charge in [0.05, 0.1) is 11.4 Å². The van der Waals surface area contributed by atoms with Gasteiger partial charge < -0.3 is 5.21 Å². The van der Waals surface area contributed by atoms with Gasteiger partial charge in [0.1, 0.15) is 5.71 Å². The lowest BCUT2D eigenvalue weighted by Crippen LogP contribution is -2.08. The summed E-state index contributed by atoms with van der Waals surface area (Å²) in [6, 6.07) is 27.1. The van der Waals surface area contributed by atoms with Crippen LogP contribution < -0.4 is 0 Å². The Morgan fingerprint density at radius 1 is 0.593 bits per heavy atom. The average Bonchev–Trinajstić information content (AvgIpc) is 2.76. The maximum absolute atomic E-state index is 9.92. The number of hydrogen-bond donors (Lipinski definition) is 1. The summed E-state index contributed by atoms with van der Waals surface area (Å²) in [6.45, 7) is 0. The molecule has 0 aliphatic rings. The maximum Gasteiger partial charge on any atom is 0.118 e. The van der Waals surface area contributed by atoms with Crippen LogP contribution in [-0.4, -0.2) is 20.9 Å². The van der Waals surface area contributed by atoms with E-state index in [1.54, 1.807) is 12.4 Å². The summed E-state index contributed by atoms with van der Waals surface area (Å²) in [7, 11) is 0. The van der Waals surface area contributed by atoms with Gasteiger partial charge in [-0.05, 0) is 24.3 Å². The van der Waals surface area contributed by atoms with Crippen molar-refractivity contribution in [2.45, 2.75) is 0 Å². The van der Waals surface area contributed by atoms with Gasteiger partial charge in [-0.25, -0.2) is 0 Å². The summed E-state index contributed by atoms with van der Waals surface area (Å²) < 4.78 is 0. The lowest BCUT2D eigenvalue weighted by Gasteiger charge is -2.14. The summed E-state index contributed by atoms with van der Waals surface area (Å²) in [5, 5.41) is 13.6. The van der Waals surface area contributed by atoms with Crippen LogP contribution in [0.4, 0.5) is 0 Å². The molecule has 0 radical (unpaired) electrons. The van der Waals surface area contributed by atoms with Crippen molar-refractivity contribution in [2.75, 3.05) is 0 Å². The molecule has 0 bridgehead atoms. The van der Waals surface area contributed by atoms with E-state index in [-0.39, 0.29) is 0 Å². The van der Waals surface area contributed by atoms with E-state index >= 15 is 0 Å². The van der Waals surface area contributed by atoms with E-state index in [0.29, 0.717) is 5.71 Å². The molecule has 0 spiro atoms. The summed E-state index contributed by atoms with van der Waals surface area (Å²) >= 11 is 0. The Labute approximate surface area is 157 Å². The van der Waals surface area contributed by atoms with E-state index in [1.165, 1.54) is 0 Å². The highest BCUT2D eigenvalue weighted by atomic mass is 16.4. The van der Waals surface area contributed by atoms with Crippen LogP contribution in [0.25, 0.3) is 22.5 Å². The molecule has 4 rings (SSSR count). The molecule has 0 saturated carbocycles. The smallest absolute Gasteiger partial charge is 0.118 e. The number of pyridine rings is 2. The van der Waals surface area contributed by atoms with E-state index in [9.17, 15) is 5.21 Å². The molecule has 2 aromatic carbocycles. The van der Waals surface area contributed by atoms with E-state index < -0.39 is 0 Å². The Morgan fingerprint density at radius 2 is 1.04 bits per heavy atom. The van der Waals surface area contributed by atoms with Crippen LogP contribution in [0, 0.1) is 0 Å². The minimum atomic E-state index is 0.484. The summed E-state index contributed by atoms with van der Waals surface area (Å²) in [5.41, 5.74) is 5.55. The van der Waals surface area contributed by atoms with Crippen LogP contribution in [0.5, 0.6) is 0 Å². The summed E-state index contributed by atoms with van der Waals surface area (Å²) in [5.74, 6) is 0. The van der Waals surface area contributed by atoms with Crippen molar-refractivity contribution < 1.29 is 5.21 Å². The lowest BCUT2D eigenvalue weighted by atomic mass is 9.92. The van der Waals surface area contributed by atoms with Gasteiger partial charge in [-0.3, -0.25) is 9.97 Å². The van der Waals surface area contributed by atoms with Crippen molar-refractivity contribution in [1.82, 2.24) is 9.97 Å². The Kier molecular flexibility index (Phi) is 4.70. The molecule has 130 valence electrons. The van der Waals surface area contributed by atoms with E-state index in [2.05, 4.69) is 15.1 Å². The number of nitrogens with zero attached hydrogens (tertiary/aromatic N) is 3. The zero-order chi connectivity index (χ0) is 18.5. The topological polar surface area (TPSA) is 58.4 Å². The summed E-state index contributed by atoms with van der Waals surface area (Å²) in [4.78, 5) is 8.90. The first-order valence-corrected chi connectivity index (χ1v) is 8.62. The van der Waals surface area contributed by atoms with Crippen molar-refractivity contribution in [2.24, 2.45) is 5.16 Å². The molecule has 0 saturated heterocycles. The third kappa shape index (κ3) is 3.33. The molecular weight excluding hydrogens is 334 g/mol. The van der Waals surface area contributed by atoms with Crippen LogP contribution in [0.15, 0.2) is 102 Å². The first-order valence-electron chi connectivity index (χ1n) is 8.62. The zero-order valence-corrected chi connectivity index (χ0v) is 14.5. The van der Waals surface area contributed by atoms with Gasteiger partial charge in [0.25, 0.3) is 0 Å². The van der Waals surface area contributed by atoms with Crippen molar-refractivity contribution in [3.05, 3.63) is 108 Å². The molecule has 1 N–H and O–H groups in total. The molecule has 0 aliphatic heterocycles. The number of benzene rings is 2. The van der Waals surface area contributed by atoms with Gasteiger partial charge in [0.2, 0.25) is 0 Å². The average molecular weight is 351 g/mol. The molecule has 0 unspecified atom stereocenters. The van der Waals surface area contributed by atoms with Crippen LogP contribution in [0.1, 0.15) is 11.1 Å². The fourth-order valence-electron chi connectivity index (χ4n) is 3.12. The summed E-state index contributed by atoms with van der Waals surface area (Å²) in [6.07, 6.45) is 3.51.